The molecule has 0 spiro atoms. The van der Waals surface area contributed by atoms with Crippen LogP contribution in [-0.4, -0.2) is 15.7 Å². The Morgan fingerprint density at radius 2 is 1.80 bits per heavy atom. The largest absolute Gasteiger partial charge is 0.322 e. The molecule has 3 rings (SSSR count). The molecule has 0 saturated carbocycles. The number of amides is 1. The molecule has 0 aliphatic rings. The van der Waals surface area contributed by atoms with Gasteiger partial charge >= 0.3 is 0 Å². The highest BCUT2D eigenvalue weighted by atomic mass is 16.1. The van der Waals surface area contributed by atoms with Gasteiger partial charge in [0.15, 0.2) is 0 Å². The highest BCUT2D eigenvalue weighted by Crippen LogP contribution is 2.21. The summed E-state index contributed by atoms with van der Waals surface area (Å²) in [6, 6.07) is 14.1. The summed E-state index contributed by atoms with van der Waals surface area (Å²) in [4.78, 5) is 12.8. The van der Waals surface area contributed by atoms with E-state index in [9.17, 15) is 4.79 Å². The lowest BCUT2D eigenvalue weighted by atomic mass is 10.1. The van der Waals surface area contributed by atoms with Crippen LogP contribution in [0, 0.1) is 20.8 Å². The zero-order chi connectivity index (χ0) is 18.0. The molecule has 2 aromatic carbocycles. The second-order valence-corrected chi connectivity index (χ2v) is 6.31. The van der Waals surface area contributed by atoms with Crippen LogP contribution in [0.25, 0.3) is 5.69 Å². The number of aromatic nitrogens is 2. The summed E-state index contributed by atoms with van der Waals surface area (Å²) in [6.45, 7) is 8.15. The van der Waals surface area contributed by atoms with Crippen molar-refractivity contribution in [3.8, 4) is 5.69 Å². The number of hydrogen-bond donors (Lipinski definition) is 1. The van der Waals surface area contributed by atoms with Gasteiger partial charge in [0.05, 0.1) is 23.1 Å². The molecule has 0 atom stereocenters. The third-order valence-electron chi connectivity index (χ3n) is 4.58. The quantitative estimate of drug-likeness (QED) is 0.758. The number of rotatable bonds is 4. The van der Waals surface area contributed by atoms with Crippen LogP contribution < -0.4 is 5.32 Å². The third kappa shape index (κ3) is 3.33. The molecule has 1 amide bonds. The van der Waals surface area contributed by atoms with Gasteiger partial charge in [-0.3, -0.25) is 4.79 Å². The Balaban J connectivity index is 1.93. The molecule has 4 heteroatoms. The lowest BCUT2D eigenvalue weighted by molar-refractivity contribution is 0.102. The Morgan fingerprint density at radius 3 is 2.48 bits per heavy atom. The minimum atomic E-state index is -0.121. The van der Waals surface area contributed by atoms with E-state index in [4.69, 9.17) is 0 Å². The molecule has 128 valence electrons. The van der Waals surface area contributed by atoms with E-state index in [1.54, 1.807) is 6.20 Å². The molecule has 1 aromatic heterocycles. The number of aryl methyl sites for hydroxylation is 2. The lowest BCUT2D eigenvalue weighted by Gasteiger charge is -2.11. The molecule has 1 N–H and O–H groups in total. The lowest BCUT2D eigenvalue weighted by Crippen LogP contribution is -2.15. The van der Waals surface area contributed by atoms with E-state index in [-0.39, 0.29) is 5.91 Å². The van der Waals surface area contributed by atoms with E-state index < -0.39 is 0 Å². The Morgan fingerprint density at radius 1 is 1.08 bits per heavy atom. The molecule has 25 heavy (non-hydrogen) atoms. The van der Waals surface area contributed by atoms with Gasteiger partial charge in [-0.25, -0.2) is 4.68 Å². The van der Waals surface area contributed by atoms with Crippen molar-refractivity contribution in [2.45, 2.75) is 34.1 Å². The SMILES string of the molecule is CCc1c(C(=O)Nc2cccc(C)c2C)cnn1-c1ccc(C)cc1. The Bertz CT molecular complexity index is 907. The van der Waals surface area contributed by atoms with Crippen LogP contribution in [0.3, 0.4) is 0 Å². The van der Waals surface area contributed by atoms with Crippen molar-refractivity contribution < 1.29 is 4.79 Å². The van der Waals surface area contributed by atoms with Crippen molar-refractivity contribution in [3.63, 3.8) is 0 Å². The van der Waals surface area contributed by atoms with Crippen molar-refractivity contribution in [1.82, 2.24) is 9.78 Å². The molecule has 0 radical (unpaired) electrons. The number of nitrogens with zero attached hydrogens (tertiary/aromatic N) is 2. The summed E-state index contributed by atoms with van der Waals surface area (Å²) in [5.74, 6) is -0.121. The van der Waals surface area contributed by atoms with Gasteiger partial charge in [-0.2, -0.15) is 5.10 Å². The highest BCUT2D eigenvalue weighted by Gasteiger charge is 2.18. The zero-order valence-corrected chi connectivity index (χ0v) is 15.1. The molecule has 4 nitrogen and oxygen atoms in total. The summed E-state index contributed by atoms with van der Waals surface area (Å²) in [5, 5.41) is 7.47. The van der Waals surface area contributed by atoms with Gasteiger partial charge in [0.1, 0.15) is 0 Å². The van der Waals surface area contributed by atoms with E-state index in [0.717, 1.165) is 34.6 Å². The first-order chi connectivity index (χ1) is 12.0. The first kappa shape index (κ1) is 17.0. The Kier molecular flexibility index (Phi) is 4.70. The van der Waals surface area contributed by atoms with E-state index in [1.165, 1.54) is 5.56 Å². The average molecular weight is 333 g/mol. The van der Waals surface area contributed by atoms with E-state index >= 15 is 0 Å². The van der Waals surface area contributed by atoms with Crippen LogP contribution in [0.4, 0.5) is 5.69 Å². The van der Waals surface area contributed by atoms with Crippen molar-refractivity contribution >= 4 is 11.6 Å². The minimum absolute atomic E-state index is 0.121. The second kappa shape index (κ2) is 6.93. The number of carbonyl (C=O) groups is 1. The first-order valence-electron chi connectivity index (χ1n) is 8.52. The summed E-state index contributed by atoms with van der Waals surface area (Å²) < 4.78 is 1.84. The standard InChI is InChI=1S/C21H23N3O/c1-5-20-18(13-22-24(20)17-11-9-14(2)10-12-17)21(25)23-19-8-6-7-15(3)16(19)4/h6-13H,5H2,1-4H3,(H,23,25). The van der Waals surface area contributed by atoms with E-state index in [0.29, 0.717) is 5.56 Å². The minimum Gasteiger partial charge on any atom is -0.322 e. The topological polar surface area (TPSA) is 46.9 Å². The molecule has 3 aromatic rings. The van der Waals surface area contributed by atoms with Crippen LogP contribution in [0.1, 0.15) is 39.7 Å². The number of nitrogens with one attached hydrogen (secondary N) is 1. The summed E-state index contributed by atoms with van der Waals surface area (Å²) >= 11 is 0. The van der Waals surface area contributed by atoms with Crippen molar-refractivity contribution in [1.29, 1.82) is 0 Å². The van der Waals surface area contributed by atoms with Crippen LogP contribution in [-0.2, 0) is 6.42 Å². The van der Waals surface area contributed by atoms with Gasteiger partial charge in [0.2, 0.25) is 0 Å². The predicted octanol–water partition coefficient (Wildman–Crippen LogP) is 4.61. The molecule has 1 heterocycles. The average Bonchev–Trinajstić information content (AvgIpc) is 3.03. The fourth-order valence-corrected chi connectivity index (χ4v) is 2.89. The maximum absolute atomic E-state index is 12.8. The second-order valence-electron chi connectivity index (χ2n) is 6.31. The third-order valence-corrected chi connectivity index (χ3v) is 4.58. The first-order valence-corrected chi connectivity index (χ1v) is 8.52. The fourth-order valence-electron chi connectivity index (χ4n) is 2.89. The van der Waals surface area contributed by atoms with E-state index in [1.807, 2.05) is 67.9 Å². The van der Waals surface area contributed by atoms with Gasteiger partial charge in [-0.1, -0.05) is 36.8 Å². The molecule has 0 fully saturated rings. The van der Waals surface area contributed by atoms with Crippen LogP contribution in [0.5, 0.6) is 0 Å². The number of carbonyl (C=O) groups excluding carboxylic acids is 1. The highest BCUT2D eigenvalue weighted by molar-refractivity contribution is 6.05. The van der Waals surface area contributed by atoms with Gasteiger partial charge in [-0.05, 0) is 56.5 Å². The van der Waals surface area contributed by atoms with Crippen molar-refractivity contribution in [3.05, 3.63) is 76.6 Å². The molecule has 0 unspecified atom stereocenters. The monoisotopic (exact) mass is 333 g/mol. The predicted molar refractivity (Wildman–Crippen MR) is 102 cm³/mol. The summed E-state index contributed by atoms with van der Waals surface area (Å²) in [7, 11) is 0. The smallest absolute Gasteiger partial charge is 0.259 e. The molecule has 0 aliphatic carbocycles. The maximum Gasteiger partial charge on any atom is 0.259 e. The van der Waals surface area contributed by atoms with Crippen LogP contribution in [0.2, 0.25) is 0 Å². The van der Waals surface area contributed by atoms with Crippen molar-refractivity contribution in [2.75, 3.05) is 5.32 Å². The molecule has 0 saturated heterocycles. The molecule has 0 aliphatic heterocycles. The van der Waals surface area contributed by atoms with Crippen LogP contribution >= 0.6 is 0 Å². The molecule has 0 bridgehead atoms. The molecular formula is C21H23N3O. The summed E-state index contributed by atoms with van der Waals surface area (Å²) in [6.07, 6.45) is 2.38. The Labute approximate surface area is 148 Å². The van der Waals surface area contributed by atoms with Gasteiger partial charge in [0, 0.05) is 5.69 Å². The van der Waals surface area contributed by atoms with Crippen molar-refractivity contribution in [2.24, 2.45) is 0 Å². The fraction of sp³-hybridized carbons (Fsp3) is 0.238. The van der Waals surface area contributed by atoms with Gasteiger partial charge in [0.25, 0.3) is 5.91 Å². The summed E-state index contributed by atoms with van der Waals surface area (Å²) in [5.41, 5.74) is 6.77. The van der Waals surface area contributed by atoms with Crippen LogP contribution in [0.15, 0.2) is 48.7 Å². The van der Waals surface area contributed by atoms with Gasteiger partial charge < -0.3 is 5.32 Å². The van der Waals surface area contributed by atoms with E-state index in [2.05, 4.69) is 17.3 Å². The number of benzene rings is 2. The molecular weight excluding hydrogens is 310 g/mol. The van der Waals surface area contributed by atoms with Gasteiger partial charge in [-0.15, -0.1) is 0 Å². The zero-order valence-electron chi connectivity index (χ0n) is 15.1. The maximum atomic E-state index is 12.8. The number of hydrogen-bond acceptors (Lipinski definition) is 2. The normalized spacial score (nSPS) is 10.7. The number of anilines is 1. The Hall–Kier alpha value is -2.88.